The molecule has 2 nitrogen and oxygen atoms in total. The molecule has 1 aliphatic rings. The molecule has 0 bridgehead atoms. The second-order valence-electron chi connectivity index (χ2n) is 6.33. The van der Waals surface area contributed by atoms with Crippen molar-refractivity contribution < 1.29 is 5.11 Å². The number of hydrogen-bond donors (Lipinski definition) is 2. The van der Waals surface area contributed by atoms with Crippen LogP contribution in [0.2, 0.25) is 0 Å². The maximum atomic E-state index is 11.5. The van der Waals surface area contributed by atoms with Gasteiger partial charge in [0, 0.05) is 12.0 Å². The number of nitrogens with two attached hydrogens (primary N) is 1. The Balaban J connectivity index is 2.19. The van der Waals surface area contributed by atoms with E-state index in [2.05, 4.69) is 31.2 Å². The normalized spacial score (nSPS) is 23.6. The summed E-state index contributed by atoms with van der Waals surface area (Å²) in [5.41, 5.74) is 9.43. The van der Waals surface area contributed by atoms with Gasteiger partial charge in [0.05, 0.1) is 5.60 Å². The number of aliphatic hydroxyl groups is 1. The number of hydrogen-bond acceptors (Lipinski definition) is 2. The minimum atomic E-state index is -0.973. The lowest BCUT2D eigenvalue weighted by Gasteiger charge is -2.44. The van der Waals surface area contributed by atoms with Crippen LogP contribution in [-0.4, -0.2) is 11.7 Å². The van der Waals surface area contributed by atoms with E-state index in [0.717, 1.165) is 24.0 Å². The van der Waals surface area contributed by atoms with Gasteiger partial charge in [0.1, 0.15) is 0 Å². The average Bonchev–Trinajstić information content (AvgIpc) is 2.88. The van der Waals surface area contributed by atoms with Crippen LogP contribution in [0.15, 0.2) is 48.5 Å². The molecule has 0 spiro atoms. The summed E-state index contributed by atoms with van der Waals surface area (Å²) in [6.45, 7) is 4.42. The zero-order valence-corrected chi connectivity index (χ0v) is 12.8. The molecule has 0 fully saturated rings. The Hall–Kier alpha value is -1.64. The first kappa shape index (κ1) is 14.3. The number of rotatable bonds is 3. The fourth-order valence-corrected chi connectivity index (χ4v) is 3.98. The SMILES string of the molecule is Cc1ccccc1C(C)(O)C1(CN)CCc2ccccc21. The lowest BCUT2D eigenvalue weighted by atomic mass is 9.65. The van der Waals surface area contributed by atoms with Crippen LogP contribution < -0.4 is 5.73 Å². The molecule has 1 aliphatic carbocycles. The first-order valence-corrected chi connectivity index (χ1v) is 7.60. The quantitative estimate of drug-likeness (QED) is 0.908. The van der Waals surface area contributed by atoms with Crippen molar-refractivity contribution in [1.29, 1.82) is 0 Å². The Bertz CT molecular complexity index is 662. The van der Waals surface area contributed by atoms with Gasteiger partial charge in [-0.2, -0.15) is 0 Å². The highest BCUT2D eigenvalue weighted by Crippen LogP contribution is 2.50. The number of benzene rings is 2. The highest BCUT2D eigenvalue weighted by Gasteiger charge is 2.52. The Kier molecular flexibility index (Phi) is 3.39. The molecular formula is C19H23NO. The molecule has 0 radical (unpaired) electrons. The molecule has 0 aliphatic heterocycles. The molecule has 2 unspecified atom stereocenters. The molecule has 3 rings (SSSR count). The molecule has 0 amide bonds. The van der Waals surface area contributed by atoms with Crippen LogP contribution in [0.5, 0.6) is 0 Å². The van der Waals surface area contributed by atoms with Crippen molar-refractivity contribution in [3.05, 3.63) is 70.8 Å². The van der Waals surface area contributed by atoms with Gasteiger partial charge in [-0.05, 0) is 48.9 Å². The monoisotopic (exact) mass is 281 g/mol. The van der Waals surface area contributed by atoms with Gasteiger partial charge < -0.3 is 10.8 Å². The smallest absolute Gasteiger partial charge is 0.0979 e. The molecule has 0 aromatic heterocycles. The van der Waals surface area contributed by atoms with Crippen molar-refractivity contribution in [2.24, 2.45) is 5.73 Å². The predicted molar refractivity (Wildman–Crippen MR) is 86.2 cm³/mol. The zero-order valence-electron chi connectivity index (χ0n) is 12.8. The number of fused-ring (bicyclic) bond motifs is 1. The van der Waals surface area contributed by atoms with E-state index in [1.54, 1.807) is 0 Å². The van der Waals surface area contributed by atoms with E-state index in [0.29, 0.717) is 6.54 Å². The minimum absolute atomic E-state index is 0.407. The average molecular weight is 281 g/mol. The molecule has 21 heavy (non-hydrogen) atoms. The third-order valence-corrected chi connectivity index (χ3v) is 5.30. The van der Waals surface area contributed by atoms with E-state index in [4.69, 9.17) is 5.73 Å². The van der Waals surface area contributed by atoms with E-state index >= 15 is 0 Å². The second kappa shape index (κ2) is 4.97. The molecule has 0 saturated carbocycles. The van der Waals surface area contributed by atoms with Crippen LogP contribution >= 0.6 is 0 Å². The van der Waals surface area contributed by atoms with E-state index in [1.165, 1.54) is 11.1 Å². The zero-order chi connectivity index (χ0) is 15.1. The topological polar surface area (TPSA) is 46.2 Å². The molecule has 110 valence electrons. The van der Waals surface area contributed by atoms with Crippen molar-refractivity contribution in [2.45, 2.75) is 37.7 Å². The van der Waals surface area contributed by atoms with E-state index in [-0.39, 0.29) is 0 Å². The van der Waals surface area contributed by atoms with Gasteiger partial charge in [-0.15, -0.1) is 0 Å². The Morgan fingerprint density at radius 3 is 2.52 bits per heavy atom. The van der Waals surface area contributed by atoms with Gasteiger partial charge in [0.25, 0.3) is 0 Å². The van der Waals surface area contributed by atoms with Gasteiger partial charge in [-0.1, -0.05) is 48.5 Å². The van der Waals surface area contributed by atoms with Gasteiger partial charge in [0.2, 0.25) is 0 Å². The van der Waals surface area contributed by atoms with E-state index < -0.39 is 11.0 Å². The summed E-state index contributed by atoms with van der Waals surface area (Å²) < 4.78 is 0. The fourth-order valence-electron chi connectivity index (χ4n) is 3.98. The van der Waals surface area contributed by atoms with Crippen molar-refractivity contribution in [3.8, 4) is 0 Å². The minimum Gasteiger partial charge on any atom is -0.384 e. The lowest BCUT2D eigenvalue weighted by Crippen LogP contribution is -2.51. The van der Waals surface area contributed by atoms with Gasteiger partial charge in [-0.3, -0.25) is 0 Å². The summed E-state index contributed by atoms with van der Waals surface area (Å²) in [6, 6.07) is 16.5. The first-order valence-electron chi connectivity index (χ1n) is 7.60. The Labute approximate surface area is 126 Å². The van der Waals surface area contributed by atoms with Crippen molar-refractivity contribution in [2.75, 3.05) is 6.54 Å². The Morgan fingerprint density at radius 1 is 1.14 bits per heavy atom. The summed E-state index contributed by atoms with van der Waals surface area (Å²) in [7, 11) is 0. The van der Waals surface area contributed by atoms with Crippen LogP contribution in [0.1, 0.15) is 35.6 Å². The summed E-state index contributed by atoms with van der Waals surface area (Å²) in [6.07, 6.45) is 1.87. The van der Waals surface area contributed by atoms with Gasteiger partial charge in [0.15, 0.2) is 0 Å². The molecule has 2 aromatic rings. The molecule has 2 heteroatoms. The summed E-state index contributed by atoms with van der Waals surface area (Å²) in [5.74, 6) is 0. The van der Waals surface area contributed by atoms with Crippen LogP contribution in [0, 0.1) is 6.92 Å². The van der Waals surface area contributed by atoms with Crippen molar-refractivity contribution in [1.82, 2.24) is 0 Å². The van der Waals surface area contributed by atoms with Crippen molar-refractivity contribution >= 4 is 0 Å². The summed E-state index contributed by atoms with van der Waals surface area (Å²) >= 11 is 0. The lowest BCUT2D eigenvalue weighted by molar-refractivity contribution is -0.0264. The highest BCUT2D eigenvalue weighted by atomic mass is 16.3. The fraction of sp³-hybridized carbons (Fsp3) is 0.368. The molecule has 3 N–H and O–H groups in total. The van der Waals surface area contributed by atoms with Crippen LogP contribution in [0.4, 0.5) is 0 Å². The van der Waals surface area contributed by atoms with Crippen LogP contribution in [-0.2, 0) is 17.4 Å². The highest BCUT2D eigenvalue weighted by molar-refractivity contribution is 5.46. The summed E-state index contributed by atoms with van der Waals surface area (Å²) in [4.78, 5) is 0. The second-order valence-corrected chi connectivity index (χ2v) is 6.33. The first-order chi connectivity index (χ1) is 10.0. The molecule has 2 aromatic carbocycles. The third-order valence-electron chi connectivity index (χ3n) is 5.30. The largest absolute Gasteiger partial charge is 0.384 e. The van der Waals surface area contributed by atoms with Gasteiger partial charge >= 0.3 is 0 Å². The summed E-state index contributed by atoms with van der Waals surface area (Å²) in [5, 5.41) is 11.5. The van der Waals surface area contributed by atoms with Crippen molar-refractivity contribution in [3.63, 3.8) is 0 Å². The van der Waals surface area contributed by atoms with Crippen LogP contribution in [0.3, 0.4) is 0 Å². The predicted octanol–water partition coefficient (Wildman–Crippen LogP) is 3.05. The van der Waals surface area contributed by atoms with Gasteiger partial charge in [-0.25, -0.2) is 0 Å². The van der Waals surface area contributed by atoms with E-state index in [9.17, 15) is 5.11 Å². The Morgan fingerprint density at radius 2 is 1.81 bits per heavy atom. The standard InChI is InChI=1S/C19H23NO/c1-14-7-3-5-9-16(14)18(2,21)19(13-20)12-11-15-8-4-6-10-17(15)19/h3-10,21H,11-13,20H2,1-2H3. The maximum absolute atomic E-state index is 11.5. The molecule has 2 atom stereocenters. The molecule has 0 heterocycles. The molecular weight excluding hydrogens is 258 g/mol. The molecule has 0 saturated heterocycles. The third kappa shape index (κ3) is 1.94. The van der Waals surface area contributed by atoms with Crippen LogP contribution in [0.25, 0.3) is 0 Å². The van der Waals surface area contributed by atoms with E-state index in [1.807, 2.05) is 31.2 Å². The number of aryl methyl sites for hydroxylation is 2. The maximum Gasteiger partial charge on any atom is 0.0979 e.